The minimum atomic E-state index is 0.236. The molecule has 1 unspecified atom stereocenters. The second-order valence-electron chi connectivity index (χ2n) is 4.93. The first-order chi connectivity index (χ1) is 9.72. The van der Waals surface area contributed by atoms with Crippen LogP contribution in [0, 0.1) is 0 Å². The van der Waals surface area contributed by atoms with Gasteiger partial charge in [-0.05, 0) is 26.7 Å². The Kier molecular flexibility index (Phi) is 7.95. The molecule has 0 aliphatic carbocycles. The maximum Gasteiger partial charge on any atom is 0.135 e. The monoisotopic (exact) mass is 280 g/mol. The van der Waals surface area contributed by atoms with E-state index in [-0.39, 0.29) is 6.04 Å². The summed E-state index contributed by atoms with van der Waals surface area (Å²) in [5.41, 5.74) is 1.17. The van der Waals surface area contributed by atoms with E-state index >= 15 is 0 Å². The van der Waals surface area contributed by atoms with Crippen LogP contribution in [-0.2, 0) is 11.2 Å². The third-order valence-electron chi connectivity index (χ3n) is 2.94. The van der Waals surface area contributed by atoms with Crippen molar-refractivity contribution in [3.63, 3.8) is 0 Å². The highest BCUT2D eigenvalue weighted by molar-refractivity contribution is 5.57. The molecule has 1 heterocycles. The molecule has 0 fully saturated rings. The zero-order valence-electron chi connectivity index (χ0n) is 13.2. The molecule has 1 rings (SSSR count). The van der Waals surface area contributed by atoms with Crippen LogP contribution < -0.4 is 10.6 Å². The maximum atomic E-state index is 5.44. The van der Waals surface area contributed by atoms with Crippen LogP contribution in [0.1, 0.15) is 46.1 Å². The van der Waals surface area contributed by atoms with Crippen molar-refractivity contribution in [1.29, 1.82) is 0 Å². The number of rotatable bonds is 10. The molecule has 1 atom stereocenters. The van der Waals surface area contributed by atoms with Crippen LogP contribution in [0.3, 0.4) is 0 Å². The Morgan fingerprint density at radius 1 is 1.15 bits per heavy atom. The van der Waals surface area contributed by atoms with Gasteiger partial charge in [-0.3, -0.25) is 0 Å². The van der Waals surface area contributed by atoms with Crippen molar-refractivity contribution in [1.82, 2.24) is 9.97 Å². The third-order valence-corrected chi connectivity index (χ3v) is 2.94. The molecular weight excluding hydrogens is 252 g/mol. The summed E-state index contributed by atoms with van der Waals surface area (Å²) >= 11 is 0. The number of nitrogens with one attached hydrogen (secondary N) is 2. The van der Waals surface area contributed by atoms with Crippen LogP contribution in [0.2, 0.25) is 0 Å². The van der Waals surface area contributed by atoms with E-state index in [1.807, 2.05) is 6.92 Å². The summed E-state index contributed by atoms with van der Waals surface area (Å²) in [5, 5.41) is 6.81. The van der Waals surface area contributed by atoms with Gasteiger partial charge in [-0.15, -0.1) is 0 Å². The molecule has 2 N–H and O–H groups in total. The minimum absolute atomic E-state index is 0.236. The second kappa shape index (κ2) is 9.53. The van der Waals surface area contributed by atoms with Crippen LogP contribution >= 0.6 is 0 Å². The van der Waals surface area contributed by atoms with Crippen molar-refractivity contribution in [2.24, 2.45) is 0 Å². The van der Waals surface area contributed by atoms with Gasteiger partial charge >= 0.3 is 0 Å². The topological polar surface area (TPSA) is 59.1 Å². The number of anilines is 2. The Hall–Kier alpha value is -1.36. The minimum Gasteiger partial charge on any atom is -0.380 e. The lowest BCUT2D eigenvalue weighted by molar-refractivity contribution is 0.141. The van der Waals surface area contributed by atoms with Crippen LogP contribution in [0.25, 0.3) is 0 Å². The quantitative estimate of drug-likeness (QED) is 0.689. The molecule has 20 heavy (non-hydrogen) atoms. The van der Waals surface area contributed by atoms with Crippen molar-refractivity contribution in [2.45, 2.75) is 53.0 Å². The van der Waals surface area contributed by atoms with Crippen molar-refractivity contribution >= 4 is 11.6 Å². The zero-order valence-corrected chi connectivity index (χ0v) is 13.2. The SMILES string of the molecule is CCCNc1ncnc(NC(C)COCC)c1CCC. The van der Waals surface area contributed by atoms with Gasteiger partial charge in [-0.1, -0.05) is 20.3 Å². The summed E-state index contributed by atoms with van der Waals surface area (Å²) in [6.45, 7) is 10.8. The highest BCUT2D eigenvalue weighted by Gasteiger charge is 2.12. The lowest BCUT2D eigenvalue weighted by atomic mass is 10.1. The fourth-order valence-electron chi connectivity index (χ4n) is 1.99. The fraction of sp³-hybridized carbons (Fsp3) is 0.733. The molecule has 0 aliphatic heterocycles. The molecule has 5 heteroatoms. The molecule has 0 radical (unpaired) electrons. The first-order valence-electron chi connectivity index (χ1n) is 7.64. The highest BCUT2D eigenvalue weighted by atomic mass is 16.5. The predicted octanol–water partition coefficient (Wildman–Crippen LogP) is 3.09. The fourth-order valence-corrected chi connectivity index (χ4v) is 1.99. The Bertz CT molecular complexity index is 384. The third kappa shape index (κ3) is 5.33. The summed E-state index contributed by atoms with van der Waals surface area (Å²) in [5.74, 6) is 1.88. The average molecular weight is 280 g/mol. The lowest BCUT2D eigenvalue weighted by Gasteiger charge is -2.19. The molecule has 1 aromatic rings. The molecule has 1 aromatic heterocycles. The highest BCUT2D eigenvalue weighted by Crippen LogP contribution is 2.22. The number of hydrogen-bond acceptors (Lipinski definition) is 5. The van der Waals surface area contributed by atoms with E-state index in [0.29, 0.717) is 6.61 Å². The number of ether oxygens (including phenoxy) is 1. The lowest BCUT2D eigenvalue weighted by Crippen LogP contribution is -2.23. The molecular formula is C15H28N4O. The van der Waals surface area contributed by atoms with Gasteiger partial charge in [-0.25, -0.2) is 9.97 Å². The number of hydrogen-bond donors (Lipinski definition) is 2. The Morgan fingerprint density at radius 2 is 1.90 bits per heavy atom. The van der Waals surface area contributed by atoms with Gasteiger partial charge in [0.1, 0.15) is 18.0 Å². The van der Waals surface area contributed by atoms with Gasteiger partial charge in [0, 0.05) is 24.8 Å². The molecule has 0 saturated carbocycles. The van der Waals surface area contributed by atoms with Crippen LogP contribution in [-0.4, -0.2) is 35.8 Å². The zero-order chi connectivity index (χ0) is 14.8. The predicted molar refractivity (Wildman–Crippen MR) is 84.4 cm³/mol. The van der Waals surface area contributed by atoms with Crippen LogP contribution in [0.5, 0.6) is 0 Å². The van der Waals surface area contributed by atoms with Gasteiger partial charge in [0.05, 0.1) is 6.61 Å². The van der Waals surface area contributed by atoms with Crippen molar-refractivity contribution < 1.29 is 4.74 Å². The van der Waals surface area contributed by atoms with Gasteiger partial charge in [0.25, 0.3) is 0 Å². The first-order valence-corrected chi connectivity index (χ1v) is 7.64. The van der Waals surface area contributed by atoms with E-state index in [4.69, 9.17) is 4.74 Å². The largest absolute Gasteiger partial charge is 0.380 e. The van der Waals surface area contributed by atoms with Crippen molar-refractivity contribution in [3.05, 3.63) is 11.9 Å². The Balaban J connectivity index is 2.81. The molecule has 5 nitrogen and oxygen atoms in total. The summed E-state index contributed by atoms with van der Waals surface area (Å²) < 4.78 is 5.44. The molecule has 0 spiro atoms. The van der Waals surface area contributed by atoms with Crippen molar-refractivity contribution in [3.8, 4) is 0 Å². The normalized spacial score (nSPS) is 12.2. The summed E-state index contributed by atoms with van der Waals surface area (Å²) in [7, 11) is 0. The van der Waals surface area contributed by atoms with E-state index in [1.165, 1.54) is 5.56 Å². The molecule has 0 saturated heterocycles. The van der Waals surface area contributed by atoms with E-state index in [1.54, 1.807) is 6.33 Å². The molecule has 0 amide bonds. The van der Waals surface area contributed by atoms with Crippen LogP contribution in [0.4, 0.5) is 11.6 Å². The van der Waals surface area contributed by atoms with Gasteiger partial charge in [-0.2, -0.15) is 0 Å². The molecule has 0 aromatic carbocycles. The number of aromatic nitrogens is 2. The van der Waals surface area contributed by atoms with Crippen LogP contribution in [0.15, 0.2) is 6.33 Å². The smallest absolute Gasteiger partial charge is 0.135 e. The van der Waals surface area contributed by atoms with Gasteiger partial charge in [0.15, 0.2) is 0 Å². The molecule has 114 valence electrons. The molecule has 0 aliphatic rings. The average Bonchev–Trinajstić information content (AvgIpc) is 2.45. The number of nitrogens with zero attached hydrogens (tertiary/aromatic N) is 2. The van der Waals surface area contributed by atoms with E-state index < -0.39 is 0 Å². The van der Waals surface area contributed by atoms with E-state index in [2.05, 4.69) is 41.4 Å². The van der Waals surface area contributed by atoms with Gasteiger partial charge < -0.3 is 15.4 Å². The van der Waals surface area contributed by atoms with E-state index in [9.17, 15) is 0 Å². The standard InChI is InChI=1S/C15H28N4O/c1-5-8-13-14(16-9-6-2)17-11-18-15(13)19-12(4)10-20-7-3/h11-12H,5-10H2,1-4H3,(H2,16,17,18,19). The summed E-state index contributed by atoms with van der Waals surface area (Å²) in [6, 6.07) is 0.236. The molecule has 0 bridgehead atoms. The maximum absolute atomic E-state index is 5.44. The Morgan fingerprint density at radius 3 is 2.55 bits per heavy atom. The van der Waals surface area contributed by atoms with Gasteiger partial charge in [0.2, 0.25) is 0 Å². The second-order valence-corrected chi connectivity index (χ2v) is 4.93. The van der Waals surface area contributed by atoms with Crippen molar-refractivity contribution in [2.75, 3.05) is 30.4 Å². The summed E-state index contributed by atoms with van der Waals surface area (Å²) in [4.78, 5) is 8.77. The summed E-state index contributed by atoms with van der Waals surface area (Å²) in [6.07, 6.45) is 4.74. The van der Waals surface area contributed by atoms with E-state index in [0.717, 1.165) is 44.0 Å². The Labute approximate surface area is 122 Å². The first kappa shape index (κ1) is 16.7.